The highest BCUT2D eigenvalue weighted by Crippen LogP contribution is 2.17. The number of carbonyl (C=O) groups is 2. The molecule has 1 aliphatic heterocycles. The standard InChI is InChI=1S/C18H16N4O6/c23-17-16(11-13-3-7-15(8-4-13)22(27)28)19-18(24)20(17)10-9-12-1-5-14(6-2-12)21(25)26/h1-8,16H,9-11H2,(H,19,24). The molecular weight excluding hydrogens is 368 g/mol. The molecule has 0 bridgehead atoms. The van der Waals surface area contributed by atoms with Gasteiger partial charge in [-0.2, -0.15) is 0 Å². The maximum atomic E-state index is 12.5. The van der Waals surface area contributed by atoms with Gasteiger partial charge in [0, 0.05) is 37.2 Å². The van der Waals surface area contributed by atoms with E-state index in [1.54, 1.807) is 24.3 Å². The maximum absolute atomic E-state index is 12.5. The molecule has 1 N–H and O–H groups in total. The van der Waals surface area contributed by atoms with Crippen molar-refractivity contribution in [2.45, 2.75) is 18.9 Å². The molecule has 0 radical (unpaired) electrons. The van der Waals surface area contributed by atoms with E-state index in [0.717, 1.165) is 10.5 Å². The molecule has 10 heteroatoms. The number of benzene rings is 2. The van der Waals surface area contributed by atoms with E-state index in [0.29, 0.717) is 12.0 Å². The lowest BCUT2D eigenvalue weighted by Crippen LogP contribution is -2.33. The second-order valence-corrected chi connectivity index (χ2v) is 6.29. The van der Waals surface area contributed by atoms with Crippen LogP contribution in [0.15, 0.2) is 48.5 Å². The molecule has 144 valence electrons. The van der Waals surface area contributed by atoms with Crippen LogP contribution in [0.4, 0.5) is 16.2 Å². The topological polar surface area (TPSA) is 136 Å². The van der Waals surface area contributed by atoms with Crippen LogP contribution in [0.2, 0.25) is 0 Å². The van der Waals surface area contributed by atoms with E-state index in [1.165, 1.54) is 24.3 Å². The van der Waals surface area contributed by atoms with E-state index in [2.05, 4.69) is 5.32 Å². The van der Waals surface area contributed by atoms with Crippen molar-refractivity contribution in [1.29, 1.82) is 0 Å². The summed E-state index contributed by atoms with van der Waals surface area (Å²) in [5.74, 6) is -0.370. The van der Waals surface area contributed by atoms with Crippen LogP contribution in [0.1, 0.15) is 11.1 Å². The van der Waals surface area contributed by atoms with E-state index in [9.17, 15) is 29.8 Å². The fourth-order valence-electron chi connectivity index (χ4n) is 2.94. The van der Waals surface area contributed by atoms with Gasteiger partial charge in [0.1, 0.15) is 6.04 Å². The Hall–Kier alpha value is -3.82. The van der Waals surface area contributed by atoms with Gasteiger partial charge in [-0.15, -0.1) is 0 Å². The average Bonchev–Trinajstić information content (AvgIpc) is 2.94. The van der Waals surface area contributed by atoms with Crippen LogP contribution in [0.25, 0.3) is 0 Å². The number of nitrogens with one attached hydrogen (secondary N) is 1. The van der Waals surface area contributed by atoms with Gasteiger partial charge >= 0.3 is 6.03 Å². The minimum atomic E-state index is -0.731. The minimum Gasteiger partial charge on any atom is -0.325 e. The first-order valence-corrected chi connectivity index (χ1v) is 8.43. The van der Waals surface area contributed by atoms with Crippen molar-refractivity contribution in [2.75, 3.05) is 6.54 Å². The first kappa shape index (κ1) is 19.0. The summed E-state index contributed by atoms with van der Waals surface area (Å²) in [5, 5.41) is 24.0. The predicted molar refractivity (Wildman–Crippen MR) is 97.6 cm³/mol. The van der Waals surface area contributed by atoms with E-state index >= 15 is 0 Å². The molecule has 0 aromatic heterocycles. The van der Waals surface area contributed by atoms with Gasteiger partial charge in [-0.25, -0.2) is 4.79 Å². The molecule has 2 aromatic rings. The monoisotopic (exact) mass is 384 g/mol. The Kier molecular flexibility index (Phi) is 5.30. The summed E-state index contributed by atoms with van der Waals surface area (Å²) >= 11 is 0. The quantitative estimate of drug-likeness (QED) is 0.441. The summed E-state index contributed by atoms with van der Waals surface area (Å²) < 4.78 is 0. The largest absolute Gasteiger partial charge is 0.325 e. The molecule has 1 atom stereocenters. The van der Waals surface area contributed by atoms with Crippen LogP contribution < -0.4 is 5.32 Å². The van der Waals surface area contributed by atoms with Crippen LogP contribution in [-0.2, 0) is 17.6 Å². The van der Waals surface area contributed by atoms with Crippen molar-refractivity contribution in [3.63, 3.8) is 0 Å². The molecule has 0 spiro atoms. The number of imide groups is 1. The molecule has 1 aliphatic rings. The molecule has 3 amide bonds. The van der Waals surface area contributed by atoms with Crippen molar-refractivity contribution in [1.82, 2.24) is 10.2 Å². The van der Waals surface area contributed by atoms with Gasteiger partial charge in [0.15, 0.2) is 0 Å². The third kappa shape index (κ3) is 4.11. The Balaban J connectivity index is 1.59. The third-order valence-electron chi connectivity index (χ3n) is 4.47. The van der Waals surface area contributed by atoms with E-state index in [-0.39, 0.29) is 30.2 Å². The van der Waals surface area contributed by atoms with Gasteiger partial charge in [-0.3, -0.25) is 29.9 Å². The predicted octanol–water partition coefficient (Wildman–Crippen LogP) is 2.21. The zero-order valence-corrected chi connectivity index (χ0v) is 14.6. The second-order valence-electron chi connectivity index (χ2n) is 6.29. The lowest BCUT2D eigenvalue weighted by atomic mass is 10.1. The van der Waals surface area contributed by atoms with Crippen LogP contribution >= 0.6 is 0 Å². The molecule has 1 unspecified atom stereocenters. The minimum absolute atomic E-state index is 0.0260. The van der Waals surface area contributed by atoms with Gasteiger partial charge in [0.05, 0.1) is 9.85 Å². The van der Waals surface area contributed by atoms with Crippen LogP contribution in [0.3, 0.4) is 0 Å². The Morgan fingerprint density at radius 1 is 0.857 bits per heavy atom. The van der Waals surface area contributed by atoms with Crippen molar-refractivity contribution in [2.24, 2.45) is 0 Å². The highest BCUT2D eigenvalue weighted by Gasteiger charge is 2.37. The molecule has 1 heterocycles. The molecule has 10 nitrogen and oxygen atoms in total. The summed E-state index contributed by atoms with van der Waals surface area (Å²) in [6.07, 6.45) is 0.609. The molecule has 3 rings (SSSR count). The van der Waals surface area contributed by atoms with E-state index < -0.39 is 21.9 Å². The summed E-state index contributed by atoms with van der Waals surface area (Å²) in [5.41, 5.74) is 1.39. The van der Waals surface area contributed by atoms with Crippen molar-refractivity contribution >= 4 is 23.3 Å². The lowest BCUT2D eigenvalue weighted by Gasteiger charge is -2.13. The maximum Gasteiger partial charge on any atom is 0.324 e. The van der Waals surface area contributed by atoms with Gasteiger partial charge in [-0.05, 0) is 17.5 Å². The van der Waals surface area contributed by atoms with E-state index in [4.69, 9.17) is 0 Å². The molecular formula is C18H16N4O6. The highest BCUT2D eigenvalue weighted by atomic mass is 16.6. The summed E-state index contributed by atoms with van der Waals surface area (Å²) in [6.45, 7) is 0.152. The fraction of sp³-hybridized carbons (Fsp3) is 0.222. The number of carbonyl (C=O) groups excluding carboxylic acids is 2. The normalized spacial score (nSPS) is 16.1. The number of urea groups is 1. The number of hydrogen-bond acceptors (Lipinski definition) is 6. The van der Waals surface area contributed by atoms with Crippen molar-refractivity contribution < 1.29 is 19.4 Å². The first-order chi connectivity index (χ1) is 13.3. The second kappa shape index (κ2) is 7.82. The summed E-state index contributed by atoms with van der Waals surface area (Å²) in [6, 6.07) is 10.5. The number of rotatable bonds is 7. The number of nitrogens with zero attached hydrogens (tertiary/aromatic N) is 3. The van der Waals surface area contributed by atoms with Crippen LogP contribution in [0, 0.1) is 20.2 Å². The Morgan fingerprint density at radius 2 is 1.36 bits per heavy atom. The van der Waals surface area contributed by atoms with Gasteiger partial charge in [0.2, 0.25) is 0 Å². The molecule has 1 fully saturated rings. The van der Waals surface area contributed by atoms with Crippen LogP contribution in [0.5, 0.6) is 0 Å². The summed E-state index contributed by atoms with van der Waals surface area (Å²) in [7, 11) is 0. The average molecular weight is 384 g/mol. The smallest absolute Gasteiger partial charge is 0.324 e. The summed E-state index contributed by atoms with van der Waals surface area (Å²) in [4.78, 5) is 46.1. The molecule has 2 aromatic carbocycles. The SMILES string of the molecule is O=C1NC(Cc2ccc([N+](=O)[O-])cc2)C(=O)N1CCc1ccc([N+](=O)[O-])cc1. The molecule has 28 heavy (non-hydrogen) atoms. The van der Waals surface area contributed by atoms with Crippen LogP contribution in [-0.4, -0.2) is 39.3 Å². The molecule has 0 saturated carbocycles. The number of amides is 3. The van der Waals surface area contributed by atoms with Crippen molar-refractivity contribution in [3.8, 4) is 0 Å². The first-order valence-electron chi connectivity index (χ1n) is 8.43. The number of nitro benzene ring substituents is 2. The molecule has 1 saturated heterocycles. The Morgan fingerprint density at radius 3 is 1.86 bits per heavy atom. The lowest BCUT2D eigenvalue weighted by molar-refractivity contribution is -0.385. The number of nitro groups is 2. The third-order valence-corrected chi connectivity index (χ3v) is 4.47. The zero-order chi connectivity index (χ0) is 20.3. The number of non-ortho nitro benzene ring substituents is 2. The van der Waals surface area contributed by atoms with Gasteiger partial charge in [0.25, 0.3) is 17.3 Å². The zero-order valence-electron chi connectivity index (χ0n) is 14.6. The van der Waals surface area contributed by atoms with E-state index in [1.807, 2.05) is 0 Å². The molecule has 0 aliphatic carbocycles. The Bertz CT molecular complexity index is 926. The highest BCUT2D eigenvalue weighted by molar-refractivity contribution is 6.04. The number of hydrogen-bond donors (Lipinski definition) is 1. The fourth-order valence-corrected chi connectivity index (χ4v) is 2.94. The van der Waals surface area contributed by atoms with Gasteiger partial charge in [-0.1, -0.05) is 24.3 Å². The van der Waals surface area contributed by atoms with Gasteiger partial charge < -0.3 is 5.32 Å². The van der Waals surface area contributed by atoms with Crippen molar-refractivity contribution in [3.05, 3.63) is 79.9 Å². The Labute approximate surface area is 159 Å².